The van der Waals surface area contributed by atoms with E-state index in [9.17, 15) is 25.9 Å². The van der Waals surface area contributed by atoms with Crippen LogP contribution in [0.15, 0.2) is 17.0 Å². The zero-order valence-electron chi connectivity index (χ0n) is 22.0. The highest BCUT2D eigenvalue weighted by atomic mass is 32.2. The number of aryl methyl sites for hydroxylation is 1. The molecule has 8 nitrogen and oxygen atoms in total. The Morgan fingerprint density at radius 1 is 0.833 bits per heavy atom. The lowest BCUT2D eigenvalue weighted by Gasteiger charge is -2.16. The predicted octanol–water partition coefficient (Wildman–Crippen LogP) is 6.82. The fourth-order valence-corrected chi connectivity index (χ4v) is 5.93. The summed E-state index contributed by atoms with van der Waals surface area (Å²) in [7, 11) is -8.56. The second kappa shape index (κ2) is 14.4. The largest absolute Gasteiger partial charge is 0.342 e. The number of H-pyrrole nitrogens is 1. The van der Waals surface area contributed by atoms with Crippen LogP contribution in [0.2, 0.25) is 0 Å². The molecule has 0 spiro atoms. The lowest BCUT2D eigenvalue weighted by atomic mass is 9.93. The average molecular weight is 545 g/mol. The van der Waals surface area contributed by atoms with Gasteiger partial charge in [0, 0.05) is 12.0 Å². The van der Waals surface area contributed by atoms with Crippen LogP contribution in [0.3, 0.4) is 0 Å². The fourth-order valence-electron chi connectivity index (χ4n) is 4.70. The maximum absolute atomic E-state index is 12.1. The zero-order valence-corrected chi connectivity index (χ0v) is 23.6. The number of nitrogens with one attached hydrogen (secondary N) is 1. The number of benzene rings is 1. The molecule has 2 aromatic rings. The highest BCUT2D eigenvalue weighted by Gasteiger charge is 2.24. The number of fused-ring (bicyclic) bond motifs is 1. The van der Waals surface area contributed by atoms with Gasteiger partial charge in [0.2, 0.25) is 0 Å². The first-order chi connectivity index (χ1) is 16.9. The number of rotatable bonds is 18. The first-order valence-electron chi connectivity index (χ1n) is 13.4. The summed E-state index contributed by atoms with van der Waals surface area (Å²) < 4.78 is 65.9. The van der Waals surface area contributed by atoms with Crippen molar-refractivity contribution in [1.82, 2.24) is 9.97 Å². The van der Waals surface area contributed by atoms with E-state index in [1.54, 1.807) is 6.07 Å². The molecule has 0 radical (unpaired) electrons. The molecule has 0 bridgehead atoms. The Morgan fingerprint density at radius 2 is 1.39 bits per heavy atom. The molecule has 206 valence electrons. The second-order valence-electron chi connectivity index (χ2n) is 10.1. The van der Waals surface area contributed by atoms with Gasteiger partial charge >= 0.3 is 0 Å². The Balaban J connectivity index is 1.99. The lowest BCUT2D eigenvalue weighted by molar-refractivity contribution is 0.465. The molecule has 10 heteroatoms. The Morgan fingerprint density at radius 3 is 1.92 bits per heavy atom. The predicted molar refractivity (Wildman–Crippen MR) is 145 cm³/mol. The van der Waals surface area contributed by atoms with Crippen LogP contribution in [0.1, 0.15) is 122 Å². The molecule has 2 rings (SSSR count). The van der Waals surface area contributed by atoms with E-state index < -0.39 is 25.5 Å². The van der Waals surface area contributed by atoms with Crippen molar-refractivity contribution in [3.63, 3.8) is 0 Å². The number of hydrogen-bond donors (Lipinski definition) is 3. The van der Waals surface area contributed by atoms with Crippen molar-refractivity contribution >= 4 is 31.3 Å². The van der Waals surface area contributed by atoms with Crippen LogP contribution in [-0.2, 0) is 26.7 Å². The number of nitrogens with zero attached hydrogens (tertiary/aromatic N) is 1. The monoisotopic (exact) mass is 544 g/mol. The van der Waals surface area contributed by atoms with Crippen LogP contribution >= 0.6 is 0 Å². The minimum Gasteiger partial charge on any atom is -0.342 e. The SMILES string of the molecule is CCCCCCCCCCCCCC(C)c1c(S(=O)(=O)O)ccc2[nH]c(CCC(C)S(=O)(=O)O)nc12. The van der Waals surface area contributed by atoms with Gasteiger partial charge in [-0.25, -0.2) is 4.98 Å². The summed E-state index contributed by atoms with van der Waals surface area (Å²) >= 11 is 0. The van der Waals surface area contributed by atoms with Crippen molar-refractivity contribution in [2.75, 3.05) is 0 Å². The quantitative estimate of drug-likeness (QED) is 0.138. The molecular weight excluding hydrogens is 500 g/mol. The third kappa shape index (κ3) is 9.76. The molecule has 1 aromatic heterocycles. The van der Waals surface area contributed by atoms with Crippen molar-refractivity contribution in [2.24, 2.45) is 0 Å². The summed E-state index contributed by atoms with van der Waals surface area (Å²) in [6.45, 7) is 5.61. The van der Waals surface area contributed by atoms with E-state index >= 15 is 0 Å². The third-order valence-electron chi connectivity index (χ3n) is 7.01. The summed E-state index contributed by atoms with van der Waals surface area (Å²) in [6.07, 6.45) is 14.8. The fraction of sp³-hybridized carbons (Fsp3) is 0.731. The molecule has 1 heterocycles. The van der Waals surface area contributed by atoms with E-state index in [1.807, 2.05) is 6.92 Å². The normalized spacial score (nSPS) is 14.4. The molecule has 2 atom stereocenters. The van der Waals surface area contributed by atoms with E-state index in [1.165, 1.54) is 64.4 Å². The van der Waals surface area contributed by atoms with Crippen LogP contribution < -0.4 is 0 Å². The van der Waals surface area contributed by atoms with Gasteiger partial charge in [-0.2, -0.15) is 16.8 Å². The number of unbranched alkanes of at least 4 members (excludes halogenated alkanes) is 10. The van der Waals surface area contributed by atoms with Gasteiger partial charge in [0.1, 0.15) is 5.82 Å². The molecule has 0 saturated carbocycles. The van der Waals surface area contributed by atoms with Crippen LogP contribution in [0.25, 0.3) is 11.0 Å². The molecule has 2 unspecified atom stereocenters. The minimum absolute atomic E-state index is 0.128. The van der Waals surface area contributed by atoms with Crippen molar-refractivity contribution in [3.05, 3.63) is 23.5 Å². The standard InChI is InChI=1S/C26H44N2O6S2/c1-4-5-6-7-8-9-10-11-12-13-14-15-20(2)25-23(36(32,33)34)18-17-22-26(25)28-24(27-22)19-16-21(3)35(29,30)31/h17-18,20-21H,4-16,19H2,1-3H3,(H,27,28)(H,29,30,31)(H,32,33,34). The summed E-state index contributed by atoms with van der Waals surface area (Å²) in [4.78, 5) is 7.55. The summed E-state index contributed by atoms with van der Waals surface area (Å²) in [5.41, 5.74) is 1.61. The average Bonchev–Trinajstić information content (AvgIpc) is 3.22. The molecule has 3 N–H and O–H groups in total. The van der Waals surface area contributed by atoms with Gasteiger partial charge in [-0.15, -0.1) is 0 Å². The van der Waals surface area contributed by atoms with E-state index in [0.29, 0.717) is 22.4 Å². The summed E-state index contributed by atoms with van der Waals surface area (Å²) in [5.74, 6) is 0.383. The topological polar surface area (TPSA) is 137 Å². The Bertz CT molecular complexity index is 1160. The lowest BCUT2D eigenvalue weighted by Crippen LogP contribution is -2.17. The van der Waals surface area contributed by atoms with E-state index in [4.69, 9.17) is 0 Å². The van der Waals surface area contributed by atoms with E-state index in [0.717, 1.165) is 25.7 Å². The number of aromatic nitrogens is 2. The maximum atomic E-state index is 12.1. The molecule has 0 aliphatic rings. The Labute approximate surface area is 217 Å². The number of aromatic amines is 1. The van der Waals surface area contributed by atoms with Crippen molar-refractivity contribution in [2.45, 2.75) is 127 Å². The molecule has 0 aliphatic heterocycles. The number of hydrogen-bond acceptors (Lipinski definition) is 5. The van der Waals surface area contributed by atoms with Gasteiger partial charge in [-0.3, -0.25) is 9.11 Å². The van der Waals surface area contributed by atoms with Crippen molar-refractivity contribution < 1.29 is 25.9 Å². The second-order valence-corrected chi connectivity index (χ2v) is 13.3. The van der Waals surface area contributed by atoms with Gasteiger partial charge in [0.05, 0.1) is 21.2 Å². The van der Waals surface area contributed by atoms with Gasteiger partial charge in [-0.05, 0) is 37.8 Å². The van der Waals surface area contributed by atoms with Crippen molar-refractivity contribution in [1.29, 1.82) is 0 Å². The minimum atomic E-state index is -4.43. The van der Waals surface area contributed by atoms with Crippen LogP contribution in [0.5, 0.6) is 0 Å². The molecular formula is C26H44N2O6S2. The van der Waals surface area contributed by atoms with E-state index in [2.05, 4.69) is 16.9 Å². The molecule has 36 heavy (non-hydrogen) atoms. The van der Waals surface area contributed by atoms with Gasteiger partial charge in [-0.1, -0.05) is 84.5 Å². The molecule has 1 aromatic carbocycles. The highest BCUT2D eigenvalue weighted by Crippen LogP contribution is 2.34. The van der Waals surface area contributed by atoms with Gasteiger partial charge in [0.25, 0.3) is 20.2 Å². The molecule has 0 fully saturated rings. The Kier molecular flexibility index (Phi) is 12.3. The first kappa shape index (κ1) is 30.7. The van der Waals surface area contributed by atoms with Crippen LogP contribution in [0.4, 0.5) is 0 Å². The van der Waals surface area contributed by atoms with Crippen molar-refractivity contribution in [3.8, 4) is 0 Å². The molecule has 0 aliphatic carbocycles. The third-order valence-corrected chi connectivity index (χ3v) is 9.17. The molecule has 0 saturated heterocycles. The first-order valence-corrected chi connectivity index (χ1v) is 16.3. The van der Waals surface area contributed by atoms with Crippen LogP contribution in [0, 0.1) is 0 Å². The van der Waals surface area contributed by atoms with Gasteiger partial charge < -0.3 is 4.98 Å². The van der Waals surface area contributed by atoms with Gasteiger partial charge in [0.15, 0.2) is 0 Å². The summed E-state index contributed by atoms with van der Waals surface area (Å²) in [5, 5.41) is -0.932. The van der Waals surface area contributed by atoms with E-state index in [-0.39, 0.29) is 23.7 Å². The zero-order chi connectivity index (χ0) is 26.8. The number of imidazole rings is 1. The maximum Gasteiger partial charge on any atom is 0.294 e. The smallest absolute Gasteiger partial charge is 0.294 e. The molecule has 0 amide bonds. The summed E-state index contributed by atoms with van der Waals surface area (Å²) in [6, 6.07) is 2.96. The Hall–Kier alpha value is -1.49. The van der Waals surface area contributed by atoms with Crippen LogP contribution in [-0.4, -0.2) is 41.2 Å². The highest BCUT2D eigenvalue weighted by molar-refractivity contribution is 7.86.